The van der Waals surface area contributed by atoms with Crippen LogP contribution in [0.2, 0.25) is 0 Å². The fourth-order valence-corrected chi connectivity index (χ4v) is 4.64. The van der Waals surface area contributed by atoms with Crippen LogP contribution in [0.3, 0.4) is 0 Å². The summed E-state index contributed by atoms with van der Waals surface area (Å²) in [5, 5.41) is 33.5. The summed E-state index contributed by atoms with van der Waals surface area (Å²) < 4.78 is 2.48. The Morgan fingerprint density at radius 3 is 1.17 bits per heavy atom. The van der Waals surface area contributed by atoms with E-state index in [9.17, 15) is 10.2 Å². The molecule has 0 saturated heterocycles. The number of hydrogen-bond acceptors (Lipinski definition) is 3. The normalized spacial score (nSPS) is 9.91. The summed E-state index contributed by atoms with van der Waals surface area (Å²) in [5.41, 5.74) is 3.68. The maximum Gasteiger partial charge on any atom is 0.503 e. The fourth-order valence-electron chi connectivity index (χ4n) is 2.09. The summed E-state index contributed by atoms with van der Waals surface area (Å²) in [4.78, 5) is 8.56. The van der Waals surface area contributed by atoms with Gasteiger partial charge in [-0.25, -0.2) is 4.79 Å². The topological polar surface area (TPSA) is 98.0 Å². The van der Waals surface area contributed by atoms with Gasteiger partial charge in [-0.1, -0.05) is 0 Å². The number of hydrogen-bond donors (Lipinski definition) is 4. The quantitative estimate of drug-likeness (QED) is 0.596. The average Bonchev–Trinajstić information content (AvgIpc) is 2.41. The van der Waals surface area contributed by atoms with Crippen molar-refractivity contribution in [1.82, 2.24) is 0 Å². The monoisotopic (exact) mass is 384 g/mol. The molecule has 0 radical (unpaired) electrons. The van der Waals surface area contributed by atoms with Gasteiger partial charge in [0.25, 0.3) is 0 Å². The van der Waals surface area contributed by atoms with Crippen molar-refractivity contribution in [2.24, 2.45) is 0 Å². The van der Waals surface area contributed by atoms with E-state index in [1.807, 2.05) is 52.0 Å². The molecule has 0 amide bonds. The number of benzene rings is 2. The summed E-state index contributed by atoms with van der Waals surface area (Å²) >= 11 is 0.187. The molecule has 0 fully saturated rings. The van der Waals surface area contributed by atoms with Crippen LogP contribution in [0.1, 0.15) is 22.3 Å². The third kappa shape index (κ3) is 5.51. The van der Waals surface area contributed by atoms with Crippen LogP contribution in [0.25, 0.3) is 0 Å². The van der Waals surface area contributed by atoms with E-state index < -0.39 is 6.16 Å². The number of aromatic hydroxyl groups is 2. The molecule has 0 aromatic heterocycles. The van der Waals surface area contributed by atoms with Gasteiger partial charge in [-0.3, -0.25) is 0 Å². The largest absolute Gasteiger partial charge is 0.503 e. The van der Waals surface area contributed by atoms with E-state index in [1.54, 1.807) is 0 Å². The first-order valence-corrected chi connectivity index (χ1v) is 8.53. The Hall–Kier alpha value is -2.17. The van der Waals surface area contributed by atoms with Crippen molar-refractivity contribution in [2.75, 3.05) is 0 Å². The summed E-state index contributed by atoms with van der Waals surface area (Å²) in [6, 6.07) is 8.17. The molecule has 0 aliphatic heterocycles. The first-order chi connectivity index (χ1) is 10.6. The van der Waals surface area contributed by atoms with Gasteiger partial charge in [-0.2, -0.15) is 0 Å². The van der Waals surface area contributed by atoms with E-state index in [0.29, 0.717) is 11.5 Å². The second-order valence-corrected chi connectivity index (χ2v) is 7.60. The number of rotatable bonds is 2. The number of phenolic OH excluding ortho intramolecular Hbond substituents is 2. The van der Waals surface area contributed by atoms with Crippen LogP contribution in [-0.2, 0) is 0 Å². The molecule has 0 heterocycles. The molecule has 0 aliphatic carbocycles. The Balaban J connectivity index is 0.000000593. The predicted molar refractivity (Wildman–Crippen MR) is 90.8 cm³/mol. The zero-order valence-corrected chi connectivity index (χ0v) is 15.1. The van der Waals surface area contributed by atoms with E-state index in [1.165, 1.54) is 8.92 Å². The molecule has 0 spiro atoms. The molecule has 0 atom stereocenters. The molecular formula is C17H20O5Se. The fraction of sp³-hybridized carbons (Fsp3) is 0.235. The molecule has 2 aromatic carbocycles. The Bertz CT molecular complexity index is 619. The molecule has 2 aromatic rings. The smallest absolute Gasteiger partial charge is 0.450 e. The first kappa shape index (κ1) is 18.9. The van der Waals surface area contributed by atoms with Crippen molar-refractivity contribution < 1.29 is 25.2 Å². The van der Waals surface area contributed by atoms with Crippen LogP contribution in [0.15, 0.2) is 24.3 Å². The Morgan fingerprint density at radius 2 is 0.957 bits per heavy atom. The summed E-state index contributed by atoms with van der Waals surface area (Å²) in [5.74, 6) is 0.773. The molecule has 23 heavy (non-hydrogen) atoms. The molecule has 0 bridgehead atoms. The van der Waals surface area contributed by atoms with E-state index in [-0.39, 0.29) is 15.0 Å². The van der Waals surface area contributed by atoms with Gasteiger partial charge in [-0.05, 0) is 0 Å². The Morgan fingerprint density at radius 1 is 0.739 bits per heavy atom. The van der Waals surface area contributed by atoms with Crippen molar-refractivity contribution in [2.45, 2.75) is 27.7 Å². The minimum absolute atomic E-state index is 0.187. The van der Waals surface area contributed by atoms with E-state index in [2.05, 4.69) is 0 Å². The van der Waals surface area contributed by atoms with Crippen LogP contribution < -0.4 is 8.92 Å². The molecule has 0 unspecified atom stereocenters. The minimum atomic E-state index is -1.83. The molecule has 4 N–H and O–H groups in total. The van der Waals surface area contributed by atoms with Crippen LogP contribution in [0.4, 0.5) is 4.79 Å². The van der Waals surface area contributed by atoms with Gasteiger partial charge in [0, 0.05) is 0 Å². The minimum Gasteiger partial charge on any atom is -0.450 e. The second-order valence-electron chi connectivity index (χ2n) is 5.20. The predicted octanol–water partition coefficient (Wildman–Crippen LogP) is 2.21. The van der Waals surface area contributed by atoms with Crippen molar-refractivity contribution in [3.63, 3.8) is 0 Å². The molecule has 5 nitrogen and oxygen atoms in total. The summed E-state index contributed by atoms with van der Waals surface area (Å²) in [7, 11) is 0. The van der Waals surface area contributed by atoms with Crippen LogP contribution in [0, 0.1) is 27.7 Å². The third-order valence-electron chi connectivity index (χ3n) is 3.16. The van der Waals surface area contributed by atoms with Gasteiger partial charge in [0.15, 0.2) is 0 Å². The molecule has 0 saturated carbocycles. The Kier molecular flexibility index (Phi) is 6.49. The zero-order valence-electron chi connectivity index (χ0n) is 13.4. The van der Waals surface area contributed by atoms with Crippen LogP contribution in [-0.4, -0.2) is 41.5 Å². The van der Waals surface area contributed by atoms with Crippen molar-refractivity contribution in [3.05, 3.63) is 46.5 Å². The van der Waals surface area contributed by atoms with Crippen molar-refractivity contribution in [1.29, 1.82) is 0 Å². The van der Waals surface area contributed by atoms with Crippen molar-refractivity contribution >= 4 is 30.0 Å². The molecule has 6 heteroatoms. The average molecular weight is 383 g/mol. The van der Waals surface area contributed by atoms with Gasteiger partial charge >= 0.3 is 126 Å². The third-order valence-corrected chi connectivity index (χ3v) is 5.14. The molecule has 2 rings (SSSR count). The number of phenols is 2. The van der Waals surface area contributed by atoms with Crippen LogP contribution >= 0.6 is 0 Å². The number of carbonyl (C=O) groups is 1. The van der Waals surface area contributed by atoms with Crippen molar-refractivity contribution in [3.8, 4) is 11.5 Å². The van der Waals surface area contributed by atoms with E-state index >= 15 is 0 Å². The number of carboxylic acid groups (broad SMARTS) is 2. The molecule has 124 valence electrons. The van der Waals surface area contributed by atoms with Gasteiger partial charge in [0.05, 0.1) is 0 Å². The summed E-state index contributed by atoms with van der Waals surface area (Å²) in [6.07, 6.45) is -1.83. The van der Waals surface area contributed by atoms with Gasteiger partial charge in [0.1, 0.15) is 0 Å². The Labute approximate surface area is 141 Å². The van der Waals surface area contributed by atoms with Gasteiger partial charge < -0.3 is 10.2 Å². The maximum absolute atomic E-state index is 9.80. The van der Waals surface area contributed by atoms with Gasteiger partial charge in [-0.15, -0.1) is 0 Å². The first-order valence-electron chi connectivity index (χ1n) is 6.82. The number of aryl methyl sites for hydroxylation is 4. The standard InChI is InChI=1S/C16H18O2Se.CH2O3/c1-9-5-13(6-10(2)15(9)17)19-14-7-11(3)16(18)12(4)8-14;2-1(3)4/h5-8,17-18H,1-4H3;(H2,2,3,4). The van der Waals surface area contributed by atoms with E-state index in [0.717, 1.165) is 22.3 Å². The zero-order chi connectivity index (χ0) is 17.7. The molecular weight excluding hydrogens is 363 g/mol. The summed E-state index contributed by atoms with van der Waals surface area (Å²) in [6.45, 7) is 7.70. The van der Waals surface area contributed by atoms with E-state index in [4.69, 9.17) is 15.0 Å². The van der Waals surface area contributed by atoms with Gasteiger partial charge in [0.2, 0.25) is 0 Å². The SMILES string of the molecule is Cc1cc([Se]c2cc(C)c(O)c(C)c2)cc(C)c1O.O=C(O)O. The van der Waals surface area contributed by atoms with Crippen LogP contribution in [0.5, 0.6) is 11.5 Å². The maximum atomic E-state index is 9.80. The second kappa shape index (κ2) is 7.90. The molecule has 0 aliphatic rings.